The van der Waals surface area contributed by atoms with E-state index in [0.29, 0.717) is 12.5 Å². The topological polar surface area (TPSA) is 137 Å². The number of pyridine rings is 1. The second-order valence-electron chi connectivity index (χ2n) is 7.54. The smallest absolute Gasteiger partial charge is 0.342 e. The summed E-state index contributed by atoms with van der Waals surface area (Å²) in [5, 5.41) is 0. The molecule has 0 fully saturated rings. The van der Waals surface area contributed by atoms with Crippen LogP contribution in [0.1, 0.15) is 53.1 Å². The van der Waals surface area contributed by atoms with Crippen LogP contribution in [0.3, 0.4) is 0 Å². The van der Waals surface area contributed by atoms with Gasteiger partial charge in [-0.1, -0.05) is 26.0 Å². The molecule has 0 saturated heterocycles. The highest BCUT2D eigenvalue weighted by molar-refractivity contribution is 8.09. The zero-order valence-electron chi connectivity index (χ0n) is 19.4. The summed E-state index contributed by atoms with van der Waals surface area (Å²) < 4.78 is 73.9. The van der Waals surface area contributed by atoms with E-state index in [1.165, 1.54) is 19.1 Å². The molecule has 0 bridgehead atoms. The number of sulfonamides is 2. The minimum absolute atomic E-state index is 0.00617. The maximum absolute atomic E-state index is 13.7. The molecule has 0 aliphatic carbocycles. The third kappa shape index (κ3) is 5.53. The molecule has 2 aromatic rings. The molecule has 13 heteroatoms. The quantitative estimate of drug-likeness (QED) is 0.485. The molecular weight excluding hydrogens is 491 g/mol. The van der Waals surface area contributed by atoms with Gasteiger partial charge in [0.15, 0.2) is 5.82 Å². The molecule has 0 atom stereocenters. The van der Waals surface area contributed by atoms with E-state index in [1.807, 2.05) is 0 Å². The van der Waals surface area contributed by atoms with Gasteiger partial charge in [0.1, 0.15) is 11.4 Å². The van der Waals surface area contributed by atoms with Crippen LogP contribution in [0.2, 0.25) is 0 Å². The van der Waals surface area contributed by atoms with Crippen LogP contribution in [0.4, 0.5) is 10.2 Å². The van der Waals surface area contributed by atoms with Crippen LogP contribution in [-0.4, -0.2) is 60.0 Å². The van der Waals surface area contributed by atoms with Crippen molar-refractivity contribution >= 4 is 37.8 Å². The lowest BCUT2D eigenvalue weighted by Gasteiger charge is -2.26. The first kappa shape index (κ1) is 27.2. The summed E-state index contributed by atoms with van der Waals surface area (Å²) in [6.07, 6.45) is 1.26. The molecule has 0 aliphatic heterocycles. The number of benzene rings is 1. The monoisotopic (exact) mass is 516 g/mol. The number of aromatic nitrogens is 1. The molecule has 10 nitrogen and oxygen atoms in total. The highest BCUT2D eigenvalue weighted by Gasteiger charge is 2.38. The first-order chi connectivity index (χ1) is 15.6. The Morgan fingerprint density at radius 2 is 1.53 bits per heavy atom. The van der Waals surface area contributed by atoms with Gasteiger partial charge in [-0.15, -0.1) is 3.71 Å². The van der Waals surface area contributed by atoms with Gasteiger partial charge in [0.05, 0.1) is 37.5 Å². The Morgan fingerprint density at radius 1 is 1.00 bits per heavy atom. The van der Waals surface area contributed by atoms with Gasteiger partial charge in [-0.05, 0) is 30.5 Å². The fourth-order valence-electron chi connectivity index (χ4n) is 3.31. The summed E-state index contributed by atoms with van der Waals surface area (Å²) in [7, 11) is -7.97. The van der Waals surface area contributed by atoms with Crippen LogP contribution in [0.5, 0.6) is 0 Å². The molecule has 1 aromatic heterocycles. The molecule has 0 unspecified atom stereocenters. The average Bonchev–Trinajstić information content (AvgIpc) is 2.70. The summed E-state index contributed by atoms with van der Waals surface area (Å²) in [4.78, 5) is 30.2. The molecule has 0 radical (unpaired) electrons. The first-order valence-corrected chi connectivity index (χ1v) is 13.6. The summed E-state index contributed by atoms with van der Waals surface area (Å²) in [5.41, 5.74) is -0.938. The lowest BCUT2D eigenvalue weighted by Crippen LogP contribution is -2.38. The van der Waals surface area contributed by atoms with Crippen molar-refractivity contribution in [2.24, 2.45) is 0 Å². The minimum atomic E-state index is -4.53. The second-order valence-corrected chi connectivity index (χ2v) is 11.4. The van der Waals surface area contributed by atoms with E-state index in [1.54, 1.807) is 13.8 Å². The molecule has 2 rings (SSSR count). The largest absolute Gasteiger partial charge is 0.465 e. The van der Waals surface area contributed by atoms with Crippen LogP contribution in [-0.2, 0) is 29.5 Å². The fourth-order valence-corrected chi connectivity index (χ4v) is 6.17. The Hall–Kier alpha value is -3.06. The Bertz CT molecular complexity index is 1290. The van der Waals surface area contributed by atoms with Gasteiger partial charge in [0.2, 0.25) is 20.0 Å². The van der Waals surface area contributed by atoms with Crippen LogP contribution >= 0.6 is 0 Å². The number of anilines is 1. The van der Waals surface area contributed by atoms with Crippen molar-refractivity contribution < 1.29 is 40.3 Å². The zero-order valence-corrected chi connectivity index (χ0v) is 21.1. The Morgan fingerprint density at radius 3 is 1.94 bits per heavy atom. The van der Waals surface area contributed by atoms with Gasteiger partial charge in [-0.25, -0.2) is 35.8 Å². The van der Waals surface area contributed by atoms with Crippen LogP contribution in [0.15, 0.2) is 24.3 Å². The summed E-state index contributed by atoms with van der Waals surface area (Å²) in [5.74, 6) is -3.99. The lowest BCUT2D eigenvalue weighted by atomic mass is 9.90. The van der Waals surface area contributed by atoms with Gasteiger partial charge < -0.3 is 9.47 Å². The first-order valence-electron chi connectivity index (χ1n) is 9.94. The van der Waals surface area contributed by atoms with Gasteiger partial charge in [0.25, 0.3) is 0 Å². The minimum Gasteiger partial charge on any atom is -0.465 e. The number of rotatable bonds is 8. The predicted molar refractivity (Wildman–Crippen MR) is 123 cm³/mol. The summed E-state index contributed by atoms with van der Waals surface area (Å²) in [6, 6.07) is 4.62. The Balaban J connectivity index is 3.30. The molecular formula is C21H25FN2O8S2. The van der Waals surface area contributed by atoms with E-state index in [0.717, 1.165) is 19.2 Å². The number of hydrogen-bond acceptors (Lipinski definition) is 9. The highest BCUT2D eigenvalue weighted by Crippen LogP contribution is 2.39. The van der Waals surface area contributed by atoms with Gasteiger partial charge in [0, 0.05) is 5.56 Å². The maximum Gasteiger partial charge on any atom is 0.342 e. The predicted octanol–water partition coefficient (Wildman–Crippen LogP) is 2.70. The van der Waals surface area contributed by atoms with E-state index < -0.39 is 55.1 Å². The lowest BCUT2D eigenvalue weighted by molar-refractivity contribution is 0.0528. The molecule has 0 aliphatic rings. The van der Waals surface area contributed by atoms with Crippen molar-refractivity contribution in [1.29, 1.82) is 0 Å². The van der Waals surface area contributed by atoms with Crippen LogP contribution < -0.4 is 3.71 Å². The zero-order chi connectivity index (χ0) is 26.0. The van der Waals surface area contributed by atoms with Gasteiger partial charge in [-0.2, -0.15) is 0 Å². The third-order valence-corrected chi connectivity index (χ3v) is 7.71. The van der Waals surface area contributed by atoms with E-state index in [9.17, 15) is 30.8 Å². The number of ether oxygens (including phenoxy) is 2. The van der Waals surface area contributed by atoms with Crippen molar-refractivity contribution in [3.63, 3.8) is 0 Å². The summed E-state index contributed by atoms with van der Waals surface area (Å²) >= 11 is 0. The molecule has 186 valence electrons. The number of hydrogen-bond donors (Lipinski definition) is 0. The molecule has 1 aromatic carbocycles. The normalized spacial score (nSPS) is 11.9. The van der Waals surface area contributed by atoms with Crippen molar-refractivity contribution in [3.8, 4) is 11.1 Å². The van der Waals surface area contributed by atoms with Crippen molar-refractivity contribution in [1.82, 2.24) is 4.98 Å². The van der Waals surface area contributed by atoms with E-state index >= 15 is 0 Å². The molecule has 1 heterocycles. The molecule has 0 amide bonds. The molecule has 0 N–H and O–H groups in total. The number of esters is 2. The van der Waals surface area contributed by atoms with Gasteiger partial charge >= 0.3 is 11.9 Å². The van der Waals surface area contributed by atoms with Crippen molar-refractivity contribution in [2.45, 2.75) is 26.7 Å². The van der Waals surface area contributed by atoms with E-state index in [-0.39, 0.29) is 32.7 Å². The molecule has 34 heavy (non-hydrogen) atoms. The standard InChI is InChI=1S/C21H25FN2O8S2/c1-7-32-21(26)17-15(13-8-10-14(22)11-9-13)16(20(25)31-4)18(12(2)3)23-19(17)24(33(5,27)28)34(6,29)30/h8-12H,7H2,1-6H3. The highest BCUT2D eigenvalue weighted by atomic mass is 32.3. The molecule has 0 spiro atoms. The number of carbonyl (C=O) groups excluding carboxylic acids is 2. The third-order valence-electron chi connectivity index (χ3n) is 4.53. The Labute approximate surface area is 197 Å². The van der Waals surface area contributed by atoms with Crippen molar-refractivity contribution in [2.75, 3.05) is 29.9 Å². The Kier molecular flexibility index (Phi) is 8.04. The number of methoxy groups -OCH3 is 1. The SMILES string of the molecule is CCOC(=O)c1c(N(S(C)(=O)=O)S(C)(=O)=O)nc(C(C)C)c(C(=O)OC)c1-c1ccc(F)cc1. The number of nitrogens with zero attached hydrogens (tertiary/aromatic N) is 2. The van der Waals surface area contributed by atoms with Crippen LogP contribution in [0.25, 0.3) is 11.1 Å². The van der Waals surface area contributed by atoms with Crippen LogP contribution in [0, 0.1) is 5.82 Å². The maximum atomic E-state index is 13.7. The average molecular weight is 517 g/mol. The fraction of sp³-hybridized carbons (Fsp3) is 0.381. The number of carbonyl (C=O) groups is 2. The van der Waals surface area contributed by atoms with E-state index in [2.05, 4.69) is 4.98 Å². The number of halogens is 1. The van der Waals surface area contributed by atoms with Gasteiger partial charge in [-0.3, -0.25) is 0 Å². The summed E-state index contributed by atoms with van der Waals surface area (Å²) in [6.45, 7) is 4.58. The molecule has 0 saturated carbocycles. The second kappa shape index (κ2) is 10.1. The van der Waals surface area contributed by atoms with Crippen molar-refractivity contribution in [3.05, 3.63) is 46.9 Å². The van der Waals surface area contributed by atoms with E-state index in [4.69, 9.17) is 9.47 Å².